The lowest BCUT2D eigenvalue weighted by Crippen LogP contribution is -3.14. The summed E-state index contributed by atoms with van der Waals surface area (Å²) in [6.07, 6.45) is 0. The fraction of sp³-hybridized carbons (Fsp3) is 0.333. The van der Waals surface area contributed by atoms with E-state index in [0.717, 1.165) is 55.4 Å². The number of ether oxygens (including phenoxy) is 1. The van der Waals surface area contributed by atoms with Crippen molar-refractivity contribution >= 4 is 5.91 Å². The van der Waals surface area contributed by atoms with Crippen LogP contribution < -0.4 is 9.64 Å². The smallest absolute Gasteiger partial charge is 0.273 e. The Bertz CT molecular complexity index is 1020. The maximum Gasteiger partial charge on any atom is 0.273 e. The van der Waals surface area contributed by atoms with E-state index < -0.39 is 0 Å². The van der Waals surface area contributed by atoms with Gasteiger partial charge >= 0.3 is 0 Å². The van der Waals surface area contributed by atoms with Crippen molar-refractivity contribution in [3.8, 4) is 22.7 Å². The summed E-state index contributed by atoms with van der Waals surface area (Å²) < 4.78 is 7.14. The van der Waals surface area contributed by atoms with Gasteiger partial charge in [-0.2, -0.15) is 5.10 Å². The molecule has 1 aromatic heterocycles. The highest BCUT2D eigenvalue weighted by atomic mass is 16.5. The third-order valence-electron chi connectivity index (χ3n) is 5.83. The molecule has 6 nitrogen and oxygen atoms in total. The van der Waals surface area contributed by atoms with Crippen LogP contribution in [0.4, 0.5) is 0 Å². The quantitative estimate of drug-likeness (QED) is 0.708. The lowest BCUT2D eigenvalue weighted by Gasteiger charge is -2.31. The molecule has 0 radical (unpaired) electrons. The van der Waals surface area contributed by atoms with Crippen LogP contribution >= 0.6 is 0 Å². The predicted octanol–water partition coefficient (Wildman–Crippen LogP) is 2.22. The van der Waals surface area contributed by atoms with Crippen LogP contribution in [-0.2, 0) is 0 Å². The number of likely N-dealkylation sites (N-methyl/N-ethyl adjacent to an activating group) is 1. The molecule has 30 heavy (non-hydrogen) atoms. The van der Waals surface area contributed by atoms with Crippen LogP contribution in [0.5, 0.6) is 5.75 Å². The Morgan fingerprint density at radius 2 is 1.83 bits per heavy atom. The number of amides is 1. The Morgan fingerprint density at radius 3 is 2.50 bits per heavy atom. The van der Waals surface area contributed by atoms with Crippen molar-refractivity contribution in [1.29, 1.82) is 0 Å². The molecule has 1 aliphatic heterocycles. The van der Waals surface area contributed by atoms with Crippen molar-refractivity contribution in [2.45, 2.75) is 13.8 Å². The first-order valence-electron chi connectivity index (χ1n) is 10.5. The normalized spacial score (nSPS) is 14.7. The van der Waals surface area contributed by atoms with E-state index in [1.807, 2.05) is 59.5 Å². The Kier molecular flexibility index (Phi) is 5.86. The topological polar surface area (TPSA) is 51.8 Å². The van der Waals surface area contributed by atoms with E-state index in [-0.39, 0.29) is 5.91 Å². The van der Waals surface area contributed by atoms with Crippen LogP contribution in [0.25, 0.3) is 16.9 Å². The summed E-state index contributed by atoms with van der Waals surface area (Å²) >= 11 is 0. The van der Waals surface area contributed by atoms with E-state index in [4.69, 9.17) is 9.84 Å². The van der Waals surface area contributed by atoms with Crippen LogP contribution in [0.1, 0.15) is 23.0 Å². The molecule has 0 saturated carbocycles. The molecule has 3 aromatic rings. The Balaban J connectivity index is 1.73. The number of hydrogen-bond donors (Lipinski definition) is 1. The first-order valence-corrected chi connectivity index (χ1v) is 10.5. The minimum Gasteiger partial charge on any atom is -0.497 e. The third kappa shape index (κ3) is 4.09. The van der Waals surface area contributed by atoms with Gasteiger partial charge in [-0.3, -0.25) is 4.79 Å². The van der Waals surface area contributed by atoms with Crippen molar-refractivity contribution in [1.82, 2.24) is 14.7 Å². The van der Waals surface area contributed by atoms with E-state index in [0.29, 0.717) is 5.69 Å². The molecular weight excluding hydrogens is 376 g/mol. The molecule has 4 rings (SSSR count). The Morgan fingerprint density at radius 1 is 1.10 bits per heavy atom. The lowest BCUT2D eigenvalue weighted by molar-refractivity contribution is -0.902. The highest BCUT2D eigenvalue weighted by Crippen LogP contribution is 2.26. The third-order valence-corrected chi connectivity index (χ3v) is 5.83. The van der Waals surface area contributed by atoms with Gasteiger partial charge in [0.15, 0.2) is 0 Å². The van der Waals surface area contributed by atoms with E-state index in [2.05, 4.69) is 13.8 Å². The van der Waals surface area contributed by atoms with Gasteiger partial charge in [-0.1, -0.05) is 29.8 Å². The molecule has 2 heterocycles. The molecule has 0 bridgehead atoms. The number of aromatic nitrogens is 2. The minimum absolute atomic E-state index is 0.0346. The zero-order chi connectivity index (χ0) is 21.1. The van der Waals surface area contributed by atoms with Crippen LogP contribution in [-0.4, -0.2) is 60.4 Å². The lowest BCUT2D eigenvalue weighted by atomic mass is 10.1. The summed E-state index contributed by atoms with van der Waals surface area (Å²) in [6, 6.07) is 17.8. The standard InChI is InChI=1S/C24H28N4O2/c1-4-26-12-14-27(15-13-26)24(29)23-17-22(19-6-5-7-21(16-19)30-3)25-28(23)20-10-8-18(2)9-11-20/h5-11,16-17H,4,12-15H2,1-3H3/p+1. The summed E-state index contributed by atoms with van der Waals surface area (Å²) in [6.45, 7) is 8.87. The monoisotopic (exact) mass is 405 g/mol. The molecule has 156 valence electrons. The Hall–Kier alpha value is -3.12. The molecular formula is C24H29N4O2+. The molecule has 2 aromatic carbocycles. The van der Waals surface area contributed by atoms with Crippen LogP contribution in [0.3, 0.4) is 0 Å². The van der Waals surface area contributed by atoms with Gasteiger partial charge in [0, 0.05) is 5.56 Å². The number of nitrogens with zero attached hydrogens (tertiary/aromatic N) is 3. The number of rotatable bonds is 5. The molecule has 1 fully saturated rings. The molecule has 0 aliphatic carbocycles. The maximum atomic E-state index is 13.5. The summed E-state index contributed by atoms with van der Waals surface area (Å²) in [7, 11) is 1.65. The number of carbonyl (C=O) groups excluding carboxylic acids is 1. The maximum absolute atomic E-state index is 13.5. The molecule has 6 heteroatoms. The van der Waals surface area contributed by atoms with Crippen molar-refractivity contribution in [2.24, 2.45) is 0 Å². The summed E-state index contributed by atoms with van der Waals surface area (Å²) in [5.41, 5.74) is 4.34. The molecule has 1 N–H and O–H groups in total. The number of aryl methyl sites for hydroxylation is 1. The van der Waals surface area contributed by atoms with Gasteiger partial charge in [0.05, 0.1) is 51.2 Å². The molecule has 0 unspecified atom stereocenters. The second-order valence-electron chi connectivity index (χ2n) is 7.79. The van der Waals surface area contributed by atoms with E-state index in [1.54, 1.807) is 16.7 Å². The van der Waals surface area contributed by atoms with Crippen LogP contribution in [0.2, 0.25) is 0 Å². The molecule has 1 saturated heterocycles. The SMILES string of the molecule is CC[NH+]1CCN(C(=O)c2cc(-c3cccc(OC)c3)nn2-c2ccc(C)cc2)CC1. The van der Waals surface area contributed by atoms with Gasteiger partial charge < -0.3 is 14.5 Å². The van der Waals surface area contributed by atoms with Crippen LogP contribution in [0, 0.1) is 6.92 Å². The van der Waals surface area contributed by atoms with Crippen molar-refractivity contribution < 1.29 is 14.4 Å². The van der Waals surface area contributed by atoms with Crippen molar-refractivity contribution in [2.75, 3.05) is 39.8 Å². The van der Waals surface area contributed by atoms with Crippen molar-refractivity contribution in [3.63, 3.8) is 0 Å². The van der Waals surface area contributed by atoms with Gasteiger partial charge in [-0.25, -0.2) is 4.68 Å². The van der Waals surface area contributed by atoms with Crippen LogP contribution in [0.15, 0.2) is 54.6 Å². The number of carbonyl (C=O) groups is 1. The number of piperazine rings is 1. The van der Waals surface area contributed by atoms with E-state index >= 15 is 0 Å². The fourth-order valence-corrected chi connectivity index (χ4v) is 3.88. The fourth-order valence-electron chi connectivity index (χ4n) is 3.88. The second-order valence-corrected chi connectivity index (χ2v) is 7.79. The predicted molar refractivity (Wildman–Crippen MR) is 117 cm³/mol. The van der Waals surface area contributed by atoms with Gasteiger partial charge in [0.25, 0.3) is 5.91 Å². The second kappa shape index (κ2) is 8.71. The summed E-state index contributed by atoms with van der Waals surface area (Å²) in [5, 5.41) is 4.81. The number of benzene rings is 2. The zero-order valence-corrected chi connectivity index (χ0v) is 17.9. The Labute approximate surface area is 177 Å². The molecule has 1 amide bonds. The first-order chi connectivity index (χ1) is 14.6. The molecule has 1 aliphatic rings. The van der Waals surface area contributed by atoms with Crippen molar-refractivity contribution in [3.05, 3.63) is 65.9 Å². The summed E-state index contributed by atoms with van der Waals surface area (Å²) in [5.74, 6) is 0.802. The molecule has 0 spiro atoms. The number of methoxy groups -OCH3 is 1. The summed E-state index contributed by atoms with van der Waals surface area (Å²) in [4.78, 5) is 17.0. The average Bonchev–Trinajstić information content (AvgIpc) is 3.24. The highest BCUT2D eigenvalue weighted by Gasteiger charge is 2.27. The highest BCUT2D eigenvalue weighted by molar-refractivity contribution is 5.94. The van der Waals surface area contributed by atoms with Gasteiger partial charge in [0.1, 0.15) is 11.4 Å². The number of quaternary nitrogens is 1. The number of nitrogens with one attached hydrogen (secondary N) is 1. The molecule has 0 atom stereocenters. The minimum atomic E-state index is 0.0346. The first kappa shape index (κ1) is 20.2. The van der Waals surface area contributed by atoms with Gasteiger partial charge in [-0.05, 0) is 44.2 Å². The van der Waals surface area contributed by atoms with Gasteiger partial charge in [-0.15, -0.1) is 0 Å². The van der Waals surface area contributed by atoms with E-state index in [9.17, 15) is 4.79 Å². The largest absolute Gasteiger partial charge is 0.497 e. The number of hydrogen-bond acceptors (Lipinski definition) is 3. The van der Waals surface area contributed by atoms with E-state index in [1.165, 1.54) is 5.56 Å². The van der Waals surface area contributed by atoms with Gasteiger partial charge in [0.2, 0.25) is 0 Å². The zero-order valence-electron chi connectivity index (χ0n) is 17.9. The average molecular weight is 406 g/mol.